The minimum atomic E-state index is 0.726. The van der Waals surface area contributed by atoms with Crippen molar-refractivity contribution in [3.8, 4) is 0 Å². The quantitative estimate of drug-likeness (QED) is 0.664. The van der Waals surface area contributed by atoms with Gasteiger partial charge in [-0.25, -0.2) is 0 Å². The summed E-state index contributed by atoms with van der Waals surface area (Å²) in [5, 5.41) is 7.10. The Morgan fingerprint density at radius 3 is 2.72 bits per heavy atom. The van der Waals surface area contributed by atoms with E-state index in [2.05, 4.69) is 34.5 Å². The van der Waals surface area contributed by atoms with Gasteiger partial charge >= 0.3 is 0 Å². The number of hydrogen-bond acceptors (Lipinski definition) is 4. The summed E-state index contributed by atoms with van der Waals surface area (Å²) in [6.45, 7) is 8.46. The predicted octanol–water partition coefficient (Wildman–Crippen LogP) is 0.212. The Hall–Kier alpha value is -0.160. The first kappa shape index (κ1) is 14.3. The Labute approximate surface area is 112 Å². The van der Waals surface area contributed by atoms with Crippen molar-refractivity contribution in [3.63, 3.8) is 0 Å². The highest BCUT2D eigenvalue weighted by atomic mass is 15.2. The van der Waals surface area contributed by atoms with Crippen LogP contribution in [0.5, 0.6) is 0 Å². The molecule has 0 aliphatic carbocycles. The largest absolute Gasteiger partial charge is 0.317 e. The van der Waals surface area contributed by atoms with Gasteiger partial charge in [0.05, 0.1) is 0 Å². The molecule has 2 unspecified atom stereocenters. The number of hydrogen-bond donors (Lipinski definition) is 2. The highest BCUT2D eigenvalue weighted by Crippen LogP contribution is 2.16. The second-order valence-electron chi connectivity index (χ2n) is 6.08. The van der Waals surface area contributed by atoms with Crippen LogP contribution in [0.1, 0.15) is 19.3 Å². The molecule has 0 radical (unpaired) electrons. The molecule has 0 saturated carbocycles. The molecule has 18 heavy (non-hydrogen) atoms. The van der Waals surface area contributed by atoms with Crippen LogP contribution in [0.4, 0.5) is 0 Å². The van der Waals surface area contributed by atoms with E-state index in [0.29, 0.717) is 0 Å². The fourth-order valence-corrected chi connectivity index (χ4v) is 3.15. The van der Waals surface area contributed by atoms with Gasteiger partial charge in [-0.15, -0.1) is 0 Å². The molecule has 2 N–H and O–H groups in total. The molecule has 2 aliphatic heterocycles. The topological polar surface area (TPSA) is 30.5 Å². The number of likely N-dealkylation sites (N-methyl/N-ethyl adjacent to an activating group) is 1. The van der Waals surface area contributed by atoms with Crippen LogP contribution in [0, 0.1) is 5.92 Å². The highest BCUT2D eigenvalue weighted by molar-refractivity contribution is 4.78. The molecule has 2 heterocycles. The maximum absolute atomic E-state index is 3.62. The molecule has 2 rings (SSSR count). The highest BCUT2D eigenvalue weighted by Gasteiger charge is 2.19. The Morgan fingerprint density at radius 1 is 1.17 bits per heavy atom. The monoisotopic (exact) mass is 254 g/mol. The third-order valence-corrected chi connectivity index (χ3v) is 4.52. The zero-order chi connectivity index (χ0) is 12.8. The first-order valence-corrected chi connectivity index (χ1v) is 7.56. The van der Waals surface area contributed by atoms with E-state index in [9.17, 15) is 0 Å². The Balaban J connectivity index is 1.48. The molecular weight excluding hydrogens is 224 g/mol. The second-order valence-corrected chi connectivity index (χ2v) is 6.08. The summed E-state index contributed by atoms with van der Waals surface area (Å²) in [7, 11) is 4.49. The summed E-state index contributed by atoms with van der Waals surface area (Å²) in [5.41, 5.74) is 0. The summed E-state index contributed by atoms with van der Waals surface area (Å²) in [6, 6.07) is 0.726. The van der Waals surface area contributed by atoms with Crippen molar-refractivity contribution in [1.82, 2.24) is 20.4 Å². The average Bonchev–Trinajstić information content (AvgIpc) is 2.77. The molecular formula is C14H30N4. The van der Waals surface area contributed by atoms with Crippen molar-refractivity contribution in [2.45, 2.75) is 25.3 Å². The summed E-state index contributed by atoms with van der Waals surface area (Å²) < 4.78 is 0. The van der Waals surface area contributed by atoms with Gasteiger partial charge in [0, 0.05) is 32.2 Å². The molecule has 0 aromatic rings. The van der Waals surface area contributed by atoms with E-state index in [-0.39, 0.29) is 0 Å². The second kappa shape index (κ2) is 7.43. The fraction of sp³-hybridized carbons (Fsp3) is 1.00. The summed E-state index contributed by atoms with van der Waals surface area (Å²) in [4.78, 5) is 4.94. The van der Waals surface area contributed by atoms with Crippen molar-refractivity contribution in [3.05, 3.63) is 0 Å². The van der Waals surface area contributed by atoms with Gasteiger partial charge in [-0.3, -0.25) is 0 Å². The molecule has 2 fully saturated rings. The minimum Gasteiger partial charge on any atom is -0.317 e. The Bertz CT molecular complexity index is 234. The normalized spacial score (nSPS) is 31.0. The van der Waals surface area contributed by atoms with Crippen LogP contribution in [0.3, 0.4) is 0 Å². The van der Waals surface area contributed by atoms with Gasteiger partial charge in [-0.1, -0.05) is 0 Å². The number of nitrogens with one attached hydrogen (secondary N) is 2. The van der Waals surface area contributed by atoms with Crippen LogP contribution in [-0.2, 0) is 0 Å². The van der Waals surface area contributed by atoms with Crippen LogP contribution in [0.2, 0.25) is 0 Å². The van der Waals surface area contributed by atoms with Gasteiger partial charge in [-0.05, 0) is 58.9 Å². The molecule has 0 spiro atoms. The van der Waals surface area contributed by atoms with E-state index in [1.807, 2.05) is 0 Å². The molecule has 4 nitrogen and oxygen atoms in total. The standard InChI is InChI=1S/C14H30N4/c1-17-9-5-13(12-17)3-6-15-7-4-14-11-16-8-10-18(14)2/h13-16H,3-12H2,1-2H3. The first-order valence-electron chi connectivity index (χ1n) is 7.56. The summed E-state index contributed by atoms with van der Waals surface area (Å²) >= 11 is 0. The fourth-order valence-electron chi connectivity index (χ4n) is 3.15. The minimum absolute atomic E-state index is 0.726. The molecule has 0 amide bonds. The lowest BCUT2D eigenvalue weighted by Crippen LogP contribution is -2.50. The van der Waals surface area contributed by atoms with Crippen molar-refractivity contribution in [1.29, 1.82) is 0 Å². The molecule has 0 bridgehead atoms. The lowest BCUT2D eigenvalue weighted by Gasteiger charge is -2.33. The molecule has 2 aliphatic rings. The lowest BCUT2D eigenvalue weighted by atomic mass is 10.1. The van der Waals surface area contributed by atoms with E-state index in [0.717, 1.165) is 25.0 Å². The Morgan fingerprint density at radius 2 is 2.00 bits per heavy atom. The van der Waals surface area contributed by atoms with Crippen molar-refractivity contribution >= 4 is 0 Å². The van der Waals surface area contributed by atoms with Gasteiger partial charge in [-0.2, -0.15) is 0 Å². The third kappa shape index (κ3) is 4.50. The van der Waals surface area contributed by atoms with Gasteiger partial charge in [0.1, 0.15) is 0 Å². The number of nitrogens with zero attached hydrogens (tertiary/aromatic N) is 2. The van der Waals surface area contributed by atoms with Gasteiger partial charge < -0.3 is 20.4 Å². The maximum Gasteiger partial charge on any atom is 0.0230 e. The van der Waals surface area contributed by atoms with E-state index < -0.39 is 0 Å². The predicted molar refractivity (Wildman–Crippen MR) is 77.0 cm³/mol. The van der Waals surface area contributed by atoms with Crippen molar-refractivity contribution < 1.29 is 0 Å². The van der Waals surface area contributed by atoms with Crippen LogP contribution in [0.15, 0.2) is 0 Å². The zero-order valence-electron chi connectivity index (χ0n) is 12.1. The lowest BCUT2D eigenvalue weighted by molar-refractivity contribution is 0.189. The molecule has 0 aromatic heterocycles. The van der Waals surface area contributed by atoms with Gasteiger partial charge in [0.25, 0.3) is 0 Å². The zero-order valence-corrected chi connectivity index (χ0v) is 12.1. The Kier molecular flexibility index (Phi) is 5.89. The summed E-state index contributed by atoms with van der Waals surface area (Å²) in [5.74, 6) is 0.932. The van der Waals surface area contributed by atoms with Crippen molar-refractivity contribution in [2.24, 2.45) is 5.92 Å². The SMILES string of the molecule is CN1CCC(CCNCCC2CNCCN2C)C1. The van der Waals surface area contributed by atoms with E-state index in [1.165, 1.54) is 52.0 Å². The van der Waals surface area contributed by atoms with Gasteiger partial charge in [0.2, 0.25) is 0 Å². The maximum atomic E-state index is 3.62. The molecule has 0 aromatic carbocycles. The first-order chi connectivity index (χ1) is 8.75. The number of piperazine rings is 1. The van der Waals surface area contributed by atoms with Crippen LogP contribution in [-0.4, -0.2) is 75.8 Å². The van der Waals surface area contributed by atoms with Crippen LogP contribution < -0.4 is 10.6 Å². The van der Waals surface area contributed by atoms with Crippen LogP contribution >= 0.6 is 0 Å². The molecule has 4 heteroatoms. The number of rotatable bonds is 6. The summed E-state index contributed by atoms with van der Waals surface area (Å²) in [6.07, 6.45) is 4.02. The average molecular weight is 254 g/mol. The molecule has 2 atom stereocenters. The van der Waals surface area contributed by atoms with E-state index >= 15 is 0 Å². The molecule has 2 saturated heterocycles. The van der Waals surface area contributed by atoms with Gasteiger partial charge in [0.15, 0.2) is 0 Å². The third-order valence-electron chi connectivity index (χ3n) is 4.52. The smallest absolute Gasteiger partial charge is 0.0230 e. The van der Waals surface area contributed by atoms with Crippen LogP contribution in [0.25, 0.3) is 0 Å². The van der Waals surface area contributed by atoms with E-state index in [1.54, 1.807) is 0 Å². The van der Waals surface area contributed by atoms with E-state index in [4.69, 9.17) is 0 Å². The number of likely N-dealkylation sites (tertiary alicyclic amines) is 1. The van der Waals surface area contributed by atoms with Crippen molar-refractivity contribution in [2.75, 3.05) is 59.9 Å². The molecule has 106 valence electrons.